The highest BCUT2D eigenvalue weighted by molar-refractivity contribution is 7.89. The van der Waals surface area contributed by atoms with Crippen LogP contribution in [0.25, 0.3) is 0 Å². The summed E-state index contributed by atoms with van der Waals surface area (Å²) in [4.78, 5) is 0.129. The lowest BCUT2D eigenvalue weighted by Crippen LogP contribution is -2.23. The van der Waals surface area contributed by atoms with Crippen LogP contribution in [0.5, 0.6) is 11.5 Å². The summed E-state index contributed by atoms with van der Waals surface area (Å²) in [6.45, 7) is 1.74. The second kappa shape index (κ2) is 6.97. The molecular weight excluding hydrogens is 321 g/mol. The Morgan fingerprint density at radius 1 is 1.04 bits per heavy atom. The molecule has 2 rings (SSSR count). The molecule has 0 saturated heterocycles. The number of aryl methyl sites for hydroxylation is 1. The van der Waals surface area contributed by atoms with Gasteiger partial charge in [0.25, 0.3) is 0 Å². The third-order valence-electron chi connectivity index (χ3n) is 3.36. The highest BCUT2D eigenvalue weighted by atomic mass is 32.2. The molecule has 1 N–H and O–H groups in total. The fourth-order valence-electron chi connectivity index (χ4n) is 2.10. The molecule has 0 fully saturated rings. The molecule has 7 heteroatoms. The van der Waals surface area contributed by atoms with Crippen molar-refractivity contribution >= 4 is 10.0 Å². The summed E-state index contributed by atoms with van der Waals surface area (Å²) in [6, 6.07) is 8.87. The summed E-state index contributed by atoms with van der Waals surface area (Å²) >= 11 is 0. The average molecular weight is 339 g/mol. The lowest BCUT2D eigenvalue weighted by molar-refractivity contribution is 0.386. The van der Waals surface area contributed by atoms with Gasteiger partial charge in [-0.3, -0.25) is 0 Å². The minimum atomic E-state index is -3.69. The van der Waals surface area contributed by atoms with Crippen molar-refractivity contribution in [2.24, 2.45) is 0 Å². The van der Waals surface area contributed by atoms with E-state index < -0.39 is 15.8 Å². The normalized spacial score (nSPS) is 11.3. The summed E-state index contributed by atoms with van der Waals surface area (Å²) in [5.41, 5.74) is 1.21. The van der Waals surface area contributed by atoms with Crippen molar-refractivity contribution in [3.05, 3.63) is 53.3 Å². The number of hydrogen-bond donors (Lipinski definition) is 1. The second-order valence-corrected chi connectivity index (χ2v) is 6.69. The third-order valence-corrected chi connectivity index (χ3v) is 4.76. The first kappa shape index (κ1) is 17.2. The predicted octanol–water partition coefficient (Wildman–Crippen LogP) is 2.63. The monoisotopic (exact) mass is 339 g/mol. The first-order chi connectivity index (χ1) is 10.9. The number of halogens is 1. The molecule has 2 aromatic carbocycles. The average Bonchev–Trinajstić information content (AvgIpc) is 2.53. The van der Waals surface area contributed by atoms with Crippen LogP contribution < -0.4 is 14.2 Å². The van der Waals surface area contributed by atoms with Crippen molar-refractivity contribution in [1.82, 2.24) is 4.72 Å². The Labute approximate surface area is 135 Å². The molecule has 23 heavy (non-hydrogen) atoms. The fraction of sp³-hybridized carbons (Fsp3) is 0.250. The zero-order chi connectivity index (χ0) is 17.0. The molecule has 2 aromatic rings. The number of ether oxygens (including phenoxy) is 2. The minimum Gasteiger partial charge on any atom is -0.496 e. The van der Waals surface area contributed by atoms with E-state index in [1.54, 1.807) is 19.1 Å². The van der Waals surface area contributed by atoms with Gasteiger partial charge in [-0.15, -0.1) is 0 Å². The van der Waals surface area contributed by atoms with E-state index in [1.165, 1.54) is 38.5 Å². The van der Waals surface area contributed by atoms with Gasteiger partial charge in [0.1, 0.15) is 5.75 Å². The first-order valence-corrected chi connectivity index (χ1v) is 8.32. The van der Waals surface area contributed by atoms with Crippen molar-refractivity contribution in [3.63, 3.8) is 0 Å². The van der Waals surface area contributed by atoms with Gasteiger partial charge >= 0.3 is 0 Å². The van der Waals surface area contributed by atoms with E-state index in [0.29, 0.717) is 16.9 Å². The van der Waals surface area contributed by atoms with Crippen LogP contribution in [0.2, 0.25) is 0 Å². The Morgan fingerprint density at radius 3 is 2.26 bits per heavy atom. The molecule has 0 aromatic heterocycles. The lowest BCUT2D eigenvalue weighted by atomic mass is 10.2. The zero-order valence-corrected chi connectivity index (χ0v) is 13.9. The van der Waals surface area contributed by atoms with E-state index in [1.807, 2.05) is 0 Å². The van der Waals surface area contributed by atoms with Crippen LogP contribution >= 0.6 is 0 Å². The lowest BCUT2D eigenvalue weighted by Gasteiger charge is -2.10. The van der Waals surface area contributed by atoms with Crippen LogP contribution in [0.15, 0.2) is 41.3 Å². The quantitative estimate of drug-likeness (QED) is 0.879. The van der Waals surface area contributed by atoms with Gasteiger partial charge in [-0.05, 0) is 48.4 Å². The number of sulfonamides is 1. The van der Waals surface area contributed by atoms with E-state index in [-0.39, 0.29) is 17.2 Å². The maximum atomic E-state index is 13.6. The van der Waals surface area contributed by atoms with Crippen LogP contribution in [0, 0.1) is 12.7 Å². The largest absolute Gasteiger partial charge is 0.496 e. The van der Waals surface area contributed by atoms with E-state index in [2.05, 4.69) is 4.72 Å². The van der Waals surface area contributed by atoms with Gasteiger partial charge in [-0.25, -0.2) is 17.5 Å². The molecule has 0 radical (unpaired) electrons. The Kier molecular flexibility index (Phi) is 5.23. The van der Waals surface area contributed by atoms with Gasteiger partial charge in [0, 0.05) is 6.54 Å². The van der Waals surface area contributed by atoms with Crippen molar-refractivity contribution in [3.8, 4) is 11.5 Å². The molecule has 0 spiro atoms. The zero-order valence-electron chi connectivity index (χ0n) is 13.1. The second-order valence-electron chi connectivity index (χ2n) is 4.92. The number of rotatable bonds is 6. The Morgan fingerprint density at radius 2 is 1.70 bits per heavy atom. The fourth-order valence-corrected chi connectivity index (χ4v) is 3.20. The maximum Gasteiger partial charge on any atom is 0.240 e. The van der Waals surface area contributed by atoms with Crippen molar-refractivity contribution in [1.29, 1.82) is 0 Å². The highest BCUT2D eigenvalue weighted by Gasteiger charge is 2.15. The van der Waals surface area contributed by atoms with Crippen LogP contribution in [0.3, 0.4) is 0 Å². The summed E-state index contributed by atoms with van der Waals surface area (Å²) in [5.74, 6) is 0.188. The molecule has 0 aliphatic heterocycles. The molecule has 0 aliphatic rings. The number of hydrogen-bond acceptors (Lipinski definition) is 4. The van der Waals surface area contributed by atoms with Gasteiger partial charge in [0.05, 0.1) is 19.1 Å². The van der Waals surface area contributed by atoms with Gasteiger partial charge in [-0.1, -0.05) is 6.07 Å². The van der Waals surface area contributed by atoms with Gasteiger partial charge < -0.3 is 9.47 Å². The summed E-state index contributed by atoms with van der Waals surface area (Å²) in [6.07, 6.45) is 0. The van der Waals surface area contributed by atoms with Gasteiger partial charge in [-0.2, -0.15) is 0 Å². The maximum absolute atomic E-state index is 13.6. The third kappa shape index (κ3) is 4.00. The number of nitrogens with one attached hydrogen (secondary N) is 1. The minimum absolute atomic E-state index is 0.0195. The van der Waals surface area contributed by atoms with Crippen LogP contribution in [-0.4, -0.2) is 22.6 Å². The van der Waals surface area contributed by atoms with Crippen LogP contribution in [0.4, 0.5) is 4.39 Å². The van der Waals surface area contributed by atoms with Gasteiger partial charge in [0.2, 0.25) is 10.0 Å². The molecule has 0 atom stereocenters. The summed E-state index contributed by atoms with van der Waals surface area (Å²) in [7, 11) is -0.805. The molecule has 0 amide bonds. The SMILES string of the molecule is COc1ccc(S(=O)(=O)NCc2ccc(OC)c(F)c2)cc1C. The standard InChI is InChI=1S/C16H18FNO4S/c1-11-8-13(5-7-15(11)21-2)23(19,20)18-10-12-4-6-16(22-3)14(17)9-12/h4-9,18H,10H2,1-3H3. The molecule has 5 nitrogen and oxygen atoms in total. The molecule has 0 saturated carbocycles. The molecular formula is C16H18FNO4S. The van der Waals surface area contributed by atoms with Gasteiger partial charge in [0.15, 0.2) is 11.6 Å². The predicted molar refractivity (Wildman–Crippen MR) is 84.7 cm³/mol. The van der Waals surface area contributed by atoms with E-state index in [4.69, 9.17) is 9.47 Å². The van der Waals surface area contributed by atoms with Crippen molar-refractivity contribution in [2.75, 3.05) is 14.2 Å². The number of methoxy groups -OCH3 is 2. The van der Waals surface area contributed by atoms with Crippen LogP contribution in [-0.2, 0) is 16.6 Å². The molecule has 0 unspecified atom stereocenters. The summed E-state index contributed by atoms with van der Waals surface area (Å²) in [5, 5.41) is 0. The topological polar surface area (TPSA) is 64.6 Å². The smallest absolute Gasteiger partial charge is 0.240 e. The summed E-state index contributed by atoms with van der Waals surface area (Å²) < 4.78 is 50.6. The molecule has 0 heterocycles. The Bertz CT molecular complexity index is 806. The van der Waals surface area contributed by atoms with E-state index in [9.17, 15) is 12.8 Å². The van der Waals surface area contributed by atoms with Crippen LogP contribution in [0.1, 0.15) is 11.1 Å². The number of benzene rings is 2. The molecule has 124 valence electrons. The van der Waals surface area contributed by atoms with E-state index in [0.717, 1.165) is 0 Å². The highest BCUT2D eigenvalue weighted by Crippen LogP contribution is 2.22. The van der Waals surface area contributed by atoms with E-state index >= 15 is 0 Å². The molecule has 0 aliphatic carbocycles. The van der Waals surface area contributed by atoms with Crippen molar-refractivity contribution in [2.45, 2.75) is 18.4 Å². The van der Waals surface area contributed by atoms with Crippen molar-refractivity contribution < 1.29 is 22.3 Å². The first-order valence-electron chi connectivity index (χ1n) is 6.84. The molecule has 0 bridgehead atoms. The Balaban J connectivity index is 2.15. The Hall–Kier alpha value is -2.12.